The second-order valence-electron chi connectivity index (χ2n) is 2.61. The van der Waals surface area contributed by atoms with Gasteiger partial charge in [0.15, 0.2) is 0 Å². The highest BCUT2D eigenvalue weighted by molar-refractivity contribution is 5.42. The molecule has 0 spiro atoms. The Morgan fingerprint density at radius 3 is 2.60 bits per heavy atom. The Morgan fingerprint density at radius 1 is 1.60 bits per heavy atom. The molecule has 1 aromatic heterocycles. The van der Waals surface area contributed by atoms with E-state index in [1.165, 1.54) is 0 Å². The molecule has 0 amide bonds. The monoisotopic (exact) mass is 220 g/mol. The third-order valence-electron chi connectivity index (χ3n) is 1.79. The molecule has 1 rings (SSSR count). The van der Waals surface area contributed by atoms with Gasteiger partial charge in [-0.05, 0) is 0 Å². The lowest BCUT2D eigenvalue weighted by atomic mass is 10.1. The first-order chi connectivity index (χ1) is 6.99. The Kier molecular flexibility index (Phi) is 3.10. The maximum atomic E-state index is 12.4. The second-order valence-corrected chi connectivity index (χ2v) is 2.61. The van der Waals surface area contributed by atoms with Crippen molar-refractivity contribution in [2.24, 2.45) is 0 Å². The fourth-order valence-electron chi connectivity index (χ4n) is 1.13. The minimum atomic E-state index is -3.17. The average molecular weight is 220 g/mol. The molecule has 0 saturated carbocycles. The van der Waals surface area contributed by atoms with Crippen molar-refractivity contribution in [3.8, 4) is 0 Å². The number of pyridine rings is 1. The van der Waals surface area contributed by atoms with Crippen LogP contribution in [0.1, 0.15) is 17.6 Å². The molecule has 6 nitrogen and oxygen atoms in total. The third kappa shape index (κ3) is 1.99. The van der Waals surface area contributed by atoms with Crippen molar-refractivity contribution in [3.05, 3.63) is 37.8 Å². The van der Waals surface area contributed by atoms with Gasteiger partial charge in [-0.15, -0.1) is 0 Å². The molecule has 0 saturated heterocycles. The van der Waals surface area contributed by atoms with E-state index in [9.17, 15) is 23.7 Å². The Labute approximate surface area is 81.3 Å². The van der Waals surface area contributed by atoms with E-state index < -0.39 is 40.3 Å². The molecule has 0 aliphatic heterocycles. The molecule has 0 aromatic carbocycles. The summed E-state index contributed by atoms with van der Waals surface area (Å²) in [4.78, 5) is 22.2. The number of H-pyrrole nitrogens is 1. The number of aliphatic hydroxyl groups is 1. The van der Waals surface area contributed by atoms with Gasteiger partial charge >= 0.3 is 0 Å². The van der Waals surface area contributed by atoms with Crippen LogP contribution >= 0.6 is 0 Å². The first-order valence-corrected chi connectivity index (χ1v) is 3.77. The largest absolute Gasteiger partial charge is 0.391 e. The Morgan fingerprint density at radius 2 is 2.20 bits per heavy atom. The van der Waals surface area contributed by atoms with Crippen LogP contribution in [-0.4, -0.2) is 15.0 Å². The molecule has 0 aliphatic carbocycles. The van der Waals surface area contributed by atoms with E-state index in [2.05, 4.69) is 0 Å². The zero-order valence-corrected chi connectivity index (χ0v) is 7.24. The van der Waals surface area contributed by atoms with Crippen molar-refractivity contribution in [1.29, 1.82) is 0 Å². The zero-order chi connectivity index (χ0) is 11.6. The van der Waals surface area contributed by atoms with Gasteiger partial charge in [-0.1, -0.05) is 0 Å². The van der Waals surface area contributed by atoms with Crippen molar-refractivity contribution >= 4 is 5.69 Å². The van der Waals surface area contributed by atoms with E-state index in [0.29, 0.717) is 6.20 Å². The summed E-state index contributed by atoms with van der Waals surface area (Å²) in [7, 11) is 0. The van der Waals surface area contributed by atoms with Crippen molar-refractivity contribution in [2.45, 2.75) is 13.0 Å². The van der Waals surface area contributed by atoms with Crippen LogP contribution in [0.5, 0.6) is 0 Å². The fourth-order valence-corrected chi connectivity index (χ4v) is 1.13. The molecule has 0 unspecified atom stereocenters. The number of aromatic amines is 1. The van der Waals surface area contributed by atoms with Gasteiger partial charge in [0.05, 0.1) is 28.9 Å². The number of nitrogens with zero attached hydrogens (tertiary/aromatic N) is 1. The van der Waals surface area contributed by atoms with Crippen LogP contribution in [-0.2, 0) is 6.61 Å². The quantitative estimate of drug-likeness (QED) is 0.579. The highest BCUT2D eigenvalue weighted by Gasteiger charge is 2.25. The lowest BCUT2D eigenvalue weighted by molar-refractivity contribution is -0.386. The van der Waals surface area contributed by atoms with E-state index in [-0.39, 0.29) is 0 Å². The summed E-state index contributed by atoms with van der Waals surface area (Å²) >= 11 is 0. The number of hydrogen-bond acceptors (Lipinski definition) is 4. The Hall–Kier alpha value is -1.83. The Balaban J connectivity index is 3.54. The second kappa shape index (κ2) is 4.13. The molecule has 1 heterocycles. The number of aromatic nitrogens is 1. The van der Waals surface area contributed by atoms with E-state index in [1.54, 1.807) is 0 Å². The smallest absolute Gasteiger partial charge is 0.291 e. The number of hydrogen-bond donors (Lipinski definition) is 2. The van der Waals surface area contributed by atoms with Crippen molar-refractivity contribution in [2.75, 3.05) is 0 Å². The molecular weight excluding hydrogens is 214 g/mol. The number of alkyl halides is 2. The number of aliphatic hydroxyl groups excluding tert-OH is 1. The molecule has 15 heavy (non-hydrogen) atoms. The first-order valence-electron chi connectivity index (χ1n) is 3.77. The molecule has 1 aromatic rings. The maximum absolute atomic E-state index is 12.4. The summed E-state index contributed by atoms with van der Waals surface area (Å²) in [6, 6.07) is 0. The van der Waals surface area contributed by atoms with Gasteiger partial charge in [0.25, 0.3) is 17.7 Å². The average Bonchev–Trinajstić information content (AvgIpc) is 2.15. The molecule has 8 heteroatoms. The number of halogens is 2. The molecule has 82 valence electrons. The maximum Gasteiger partial charge on any atom is 0.291 e. The van der Waals surface area contributed by atoms with Crippen LogP contribution in [0.15, 0.2) is 11.0 Å². The lowest BCUT2D eigenvalue weighted by Crippen LogP contribution is -2.17. The van der Waals surface area contributed by atoms with Crippen LogP contribution in [0, 0.1) is 10.1 Å². The van der Waals surface area contributed by atoms with Crippen molar-refractivity contribution in [3.63, 3.8) is 0 Å². The summed E-state index contributed by atoms with van der Waals surface area (Å²) in [6.07, 6.45) is -2.49. The summed E-state index contributed by atoms with van der Waals surface area (Å²) in [5, 5.41) is 19.1. The van der Waals surface area contributed by atoms with Crippen LogP contribution in [0.25, 0.3) is 0 Å². The first kappa shape index (κ1) is 11.2. The van der Waals surface area contributed by atoms with Crippen LogP contribution < -0.4 is 5.56 Å². The summed E-state index contributed by atoms with van der Waals surface area (Å²) < 4.78 is 24.7. The minimum absolute atomic E-state index is 0.654. The Bertz CT molecular complexity index is 443. The number of rotatable bonds is 3. The van der Waals surface area contributed by atoms with Gasteiger partial charge in [0.1, 0.15) is 0 Å². The molecule has 0 radical (unpaired) electrons. The number of nitro groups is 1. The van der Waals surface area contributed by atoms with Crippen LogP contribution in [0.3, 0.4) is 0 Å². The zero-order valence-electron chi connectivity index (χ0n) is 7.24. The lowest BCUT2D eigenvalue weighted by Gasteiger charge is -2.05. The van der Waals surface area contributed by atoms with Gasteiger partial charge in [-0.3, -0.25) is 14.9 Å². The molecule has 0 fully saturated rings. The van der Waals surface area contributed by atoms with Gasteiger partial charge in [-0.25, -0.2) is 8.78 Å². The van der Waals surface area contributed by atoms with E-state index in [4.69, 9.17) is 5.11 Å². The SMILES string of the molecule is O=c1[nH]cc([N+](=O)[O-])c(CO)c1C(F)F. The third-order valence-corrected chi connectivity index (χ3v) is 1.79. The number of nitrogens with one attached hydrogen (secondary N) is 1. The van der Waals surface area contributed by atoms with Gasteiger partial charge in [0.2, 0.25) is 0 Å². The topological polar surface area (TPSA) is 96.2 Å². The van der Waals surface area contributed by atoms with E-state index in [0.717, 1.165) is 0 Å². The van der Waals surface area contributed by atoms with Gasteiger partial charge < -0.3 is 10.1 Å². The molecule has 0 aliphatic rings. The van der Waals surface area contributed by atoms with Crippen molar-refractivity contribution < 1.29 is 18.8 Å². The molecule has 0 bridgehead atoms. The summed E-state index contributed by atoms with van der Waals surface area (Å²) in [6.45, 7) is -0.986. The summed E-state index contributed by atoms with van der Waals surface area (Å²) in [5.74, 6) is 0. The normalized spacial score (nSPS) is 10.7. The van der Waals surface area contributed by atoms with E-state index >= 15 is 0 Å². The highest BCUT2D eigenvalue weighted by Crippen LogP contribution is 2.25. The predicted molar refractivity (Wildman–Crippen MR) is 44.6 cm³/mol. The fraction of sp³-hybridized carbons (Fsp3) is 0.286. The molecule has 2 N–H and O–H groups in total. The summed E-state index contributed by atoms with van der Waals surface area (Å²) in [5.41, 5.74) is -3.59. The van der Waals surface area contributed by atoms with Crippen LogP contribution in [0.4, 0.5) is 14.5 Å². The van der Waals surface area contributed by atoms with Gasteiger partial charge in [0, 0.05) is 0 Å². The van der Waals surface area contributed by atoms with Crippen molar-refractivity contribution in [1.82, 2.24) is 4.98 Å². The molecule has 0 atom stereocenters. The standard InChI is InChI=1S/C7H6F2N2O4/c8-6(9)5-3(2-12)4(11(14)15)1-10-7(5)13/h1,6,12H,2H2,(H,10,13). The minimum Gasteiger partial charge on any atom is -0.391 e. The molecular formula is C7H6F2N2O4. The van der Waals surface area contributed by atoms with Crippen LogP contribution in [0.2, 0.25) is 0 Å². The van der Waals surface area contributed by atoms with Gasteiger partial charge in [-0.2, -0.15) is 0 Å². The predicted octanol–water partition coefficient (Wildman–Crippen LogP) is 0.713. The highest BCUT2D eigenvalue weighted by atomic mass is 19.3. The van der Waals surface area contributed by atoms with E-state index in [1.807, 2.05) is 4.98 Å².